The zero-order valence-electron chi connectivity index (χ0n) is 17.0. The molecule has 2 aromatic carbocycles. The number of nitrogens with one attached hydrogen (secondary N) is 1. The molecule has 1 unspecified atom stereocenters. The van der Waals surface area contributed by atoms with E-state index >= 15 is 0 Å². The molecule has 152 valence electrons. The number of nitrogens with zero attached hydrogens (tertiary/aromatic N) is 1. The Bertz CT molecular complexity index is 768. The molecule has 0 aromatic heterocycles. The van der Waals surface area contributed by atoms with Crippen molar-refractivity contribution in [3.63, 3.8) is 0 Å². The van der Waals surface area contributed by atoms with Gasteiger partial charge in [0, 0.05) is 11.6 Å². The predicted octanol–water partition coefficient (Wildman–Crippen LogP) is 4.56. The third-order valence-corrected chi connectivity index (χ3v) is 5.61. The Labute approximate surface area is 174 Å². The van der Waals surface area contributed by atoms with Crippen molar-refractivity contribution in [3.8, 4) is 0 Å². The summed E-state index contributed by atoms with van der Waals surface area (Å²) in [5, 5.41) is 3.14. The number of amides is 1. The van der Waals surface area contributed by atoms with Crippen molar-refractivity contribution in [2.24, 2.45) is 11.7 Å². The van der Waals surface area contributed by atoms with Gasteiger partial charge in [-0.05, 0) is 61.7 Å². The molecule has 0 saturated carbocycles. The summed E-state index contributed by atoms with van der Waals surface area (Å²) < 4.78 is 0. The lowest BCUT2D eigenvalue weighted by atomic mass is 9.93. The molecule has 1 fully saturated rings. The van der Waals surface area contributed by atoms with Gasteiger partial charge in [-0.25, -0.2) is 0 Å². The van der Waals surface area contributed by atoms with E-state index in [9.17, 15) is 4.79 Å². The van der Waals surface area contributed by atoms with Crippen LogP contribution in [0.2, 0.25) is 0 Å². The molecule has 1 amide bonds. The third kappa shape index (κ3) is 5.34. The van der Waals surface area contributed by atoms with Gasteiger partial charge in [-0.3, -0.25) is 4.79 Å². The molecule has 0 bridgehead atoms. The van der Waals surface area contributed by atoms with Crippen molar-refractivity contribution in [1.29, 1.82) is 0 Å². The Kier molecular flexibility index (Phi) is 8.05. The summed E-state index contributed by atoms with van der Waals surface area (Å²) in [5.41, 5.74) is 10.7. The zero-order valence-corrected chi connectivity index (χ0v) is 17.8. The van der Waals surface area contributed by atoms with Crippen molar-refractivity contribution < 1.29 is 4.79 Å². The van der Waals surface area contributed by atoms with Crippen molar-refractivity contribution in [1.82, 2.24) is 4.90 Å². The monoisotopic (exact) mass is 401 g/mol. The molecule has 1 atom stereocenters. The highest BCUT2D eigenvalue weighted by Crippen LogP contribution is 2.28. The molecular weight excluding hydrogens is 370 g/mol. The molecule has 28 heavy (non-hydrogen) atoms. The maximum absolute atomic E-state index is 12.7. The van der Waals surface area contributed by atoms with Gasteiger partial charge in [-0.1, -0.05) is 56.3 Å². The minimum absolute atomic E-state index is 0. The molecule has 3 N–H and O–H groups in total. The van der Waals surface area contributed by atoms with Crippen LogP contribution >= 0.6 is 12.4 Å². The summed E-state index contributed by atoms with van der Waals surface area (Å²) in [6, 6.07) is 16.1. The zero-order chi connectivity index (χ0) is 19.4. The standard InChI is InChI=1S/C23H31N3O.ClH/c1-16(2)17-8-10-18(11-9-17)22(24)20-6-4-5-7-21(20)25-23(27)19-12-14-26(3)15-13-19;/h4-11,16,19,22H,12-15,24H2,1-3H3,(H,25,27);1H. The van der Waals surface area contributed by atoms with Gasteiger partial charge in [0.05, 0.1) is 6.04 Å². The van der Waals surface area contributed by atoms with Crippen molar-refractivity contribution >= 4 is 24.0 Å². The first-order valence-corrected chi connectivity index (χ1v) is 9.89. The van der Waals surface area contributed by atoms with Gasteiger partial charge < -0.3 is 16.0 Å². The Morgan fingerprint density at radius 3 is 2.21 bits per heavy atom. The second kappa shape index (κ2) is 10.1. The summed E-state index contributed by atoms with van der Waals surface area (Å²) in [5.74, 6) is 0.685. The minimum Gasteiger partial charge on any atom is -0.326 e. The van der Waals surface area contributed by atoms with Crippen molar-refractivity contribution in [2.75, 3.05) is 25.5 Å². The fourth-order valence-electron chi connectivity index (χ4n) is 3.66. The number of anilines is 1. The number of benzene rings is 2. The quantitative estimate of drug-likeness (QED) is 0.772. The van der Waals surface area contributed by atoms with Crippen LogP contribution in [0.3, 0.4) is 0 Å². The van der Waals surface area contributed by atoms with Crippen molar-refractivity contribution in [2.45, 2.75) is 38.6 Å². The summed E-state index contributed by atoms with van der Waals surface area (Å²) in [7, 11) is 2.10. The van der Waals surface area contributed by atoms with Crippen LogP contribution in [0.15, 0.2) is 48.5 Å². The number of carbonyl (C=O) groups excluding carboxylic acids is 1. The maximum atomic E-state index is 12.7. The number of hydrogen-bond acceptors (Lipinski definition) is 3. The number of para-hydroxylation sites is 1. The van der Waals surface area contributed by atoms with Crippen LogP contribution in [0.1, 0.15) is 55.3 Å². The molecule has 5 heteroatoms. The van der Waals surface area contributed by atoms with E-state index in [0.29, 0.717) is 5.92 Å². The lowest BCUT2D eigenvalue weighted by Crippen LogP contribution is -2.36. The molecular formula is C23H32ClN3O. The van der Waals surface area contributed by atoms with Crippen molar-refractivity contribution in [3.05, 3.63) is 65.2 Å². The molecule has 3 rings (SSSR count). The molecule has 1 aliphatic rings. The summed E-state index contributed by atoms with van der Waals surface area (Å²) in [6.07, 6.45) is 1.82. The lowest BCUT2D eigenvalue weighted by molar-refractivity contribution is -0.121. The van der Waals surface area contributed by atoms with Gasteiger partial charge in [-0.15, -0.1) is 12.4 Å². The van der Waals surface area contributed by atoms with E-state index in [0.717, 1.165) is 42.7 Å². The Balaban J connectivity index is 0.00000280. The largest absolute Gasteiger partial charge is 0.326 e. The van der Waals surface area contributed by atoms with E-state index < -0.39 is 0 Å². The molecule has 0 spiro atoms. The number of nitrogens with two attached hydrogens (primary N) is 1. The van der Waals surface area contributed by atoms with E-state index in [1.54, 1.807) is 0 Å². The van der Waals surface area contributed by atoms with Crippen LogP contribution in [0.25, 0.3) is 0 Å². The highest BCUT2D eigenvalue weighted by atomic mass is 35.5. The normalized spacial score (nSPS) is 16.5. The molecule has 4 nitrogen and oxygen atoms in total. The second-order valence-electron chi connectivity index (χ2n) is 7.95. The topological polar surface area (TPSA) is 58.4 Å². The smallest absolute Gasteiger partial charge is 0.227 e. The van der Waals surface area contributed by atoms with E-state index in [2.05, 4.69) is 55.4 Å². The minimum atomic E-state index is -0.264. The summed E-state index contributed by atoms with van der Waals surface area (Å²) >= 11 is 0. The fourth-order valence-corrected chi connectivity index (χ4v) is 3.66. The first-order valence-electron chi connectivity index (χ1n) is 9.89. The number of rotatable bonds is 5. The average Bonchev–Trinajstić information content (AvgIpc) is 2.68. The fraction of sp³-hybridized carbons (Fsp3) is 0.435. The average molecular weight is 402 g/mol. The van der Waals surface area contributed by atoms with Gasteiger partial charge >= 0.3 is 0 Å². The predicted molar refractivity (Wildman–Crippen MR) is 119 cm³/mol. The van der Waals surface area contributed by atoms with Crippen LogP contribution in [-0.4, -0.2) is 30.9 Å². The first-order chi connectivity index (χ1) is 13.0. The lowest BCUT2D eigenvalue weighted by Gasteiger charge is -2.28. The first kappa shape index (κ1) is 22.4. The Morgan fingerprint density at radius 2 is 1.61 bits per heavy atom. The van der Waals surface area contributed by atoms with Gasteiger partial charge in [0.15, 0.2) is 0 Å². The Morgan fingerprint density at radius 1 is 1.04 bits per heavy atom. The van der Waals surface area contributed by atoms with Gasteiger partial charge in [0.1, 0.15) is 0 Å². The molecule has 1 heterocycles. The number of carbonyl (C=O) groups is 1. The molecule has 0 radical (unpaired) electrons. The van der Waals surface area contributed by atoms with Crippen LogP contribution in [0, 0.1) is 5.92 Å². The van der Waals surface area contributed by atoms with Gasteiger partial charge in [-0.2, -0.15) is 0 Å². The number of hydrogen-bond donors (Lipinski definition) is 2. The summed E-state index contributed by atoms with van der Waals surface area (Å²) in [4.78, 5) is 15.0. The molecule has 1 saturated heterocycles. The molecule has 2 aromatic rings. The molecule has 0 aliphatic carbocycles. The van der Waals surface area contributed by atoms with Crippen LogP contribution in [-0.2, 0) is 4.79 Å². The van der Waals surface area contributed by atoms with E-state index in [1.165, 1.54) is 5.56 Å². The maximum Gasteiger partial charge on any atom is 0.227 e. The van der Waals surface area contributed by atoms with Gasteiger partial charge in [0.2, 0.25) is 5.91 Å². The number of piperidine rings is 1. The second-order valence-corrected chi connectivity index (χ2v) is 7.95. The number of likely N-dealkylation sites (tertiary alicyclic amines) is 1. The van der Waals surface area contributed by atoms with E-state index in [1.807, 2.05) is 24.3 Å². The van der Waals surface area contributed by atoms with E-state index in [4.69, 9.17) is 5.73 Å². The van der Waals surface area contributed by atoms with E-state index in [-0.39, 0.29) is 30.3 Å². The molecule has 1 aliphatic heterocycles. The summed E-state index contributed by atoms with van der Waals surface area (Å²) in [6.45, 7) is 6.31. The highest BCUT2D eigenvalue weighted by Gasteiger charge is 2.24. The Hall–Kier alpha value is -1.88. The van der Waals surface area contributed by atoms with Crippen LogP contribution in [0.4, 0.5) is 5.69 Å². The number of halogens is 1. The van der Waals surface area contributed by atoms with Gasteiger partial charge in [0.25, 0.3) is 0 Å². The SMILES string of the molecule is CC(C)c1ccc(C(N)c2ccccc2NC(=O)C2CCN(C)CC2)cc1.Cl. The van der Waals surface area contributed by atoms with Crippen LogP contribution < -0.4 is 11.1 Å². The highest BCUT2D eigenvalue weighted by molar-refractivity contribution is 5.93. The third-order valence-electron chi connectivity index (χ3n) is 5.61. The van der Waals surface area contributed by atoms with Crippen LogP contribution in [0.5, 0.6) is 0 Å².